The zero-order valence-corrected chi connectivity index (χ0v) is 11.1. The van der Waals surface area contributed by atoms with Crippen molar-refractivity contribution in [2.75, 3.05) is 13.2 Å². The zero-order valence-electron chi connectivity index (χ0n) is 10.3. The van der Waals surface area contributed by atoms with Crippen LogP contribution in [0.5, 0.6) is 11.5 Å². The molecule has 0 bridgehead atoms. The Bertz CT molecular complexity index is 775. The summed E-state index contributed by atoms with van der Waals surface area (Å²) in [4.78, 5) is 1.02. The Labute approximate surface area is 117 Å². The highest BCUT2D eigenvalue weighted by atomic mass is 32.2. The number of hydrogen-bond donors (Lipinski definition) is 0. The number of aromatic nitrogens is 5. The summed E-state index contributed by atoms with van der Waals surface area (Å²) in [5.41, 5.74) is 0.622. The number of fused-ring (bicyclic) bond motifs is 2. The number of rotatable bonds is 2. The Morgan fingerprint density at radius 2 is 1.95 bits per heavy atom. The van der Waals surface area contributed by atoms with E-state index >= 15 is 0 Å². The normalized spacial score (nSPS) is 13.6. The lowest BCUT2D eigenvalue weighted by Crippen LogP contribution is -2.15. The van der Waals surface area contributed by atoms with Gasteiger partial charge in [-0.2, -0.15) is 0 Å². The van der Waals surface area contributed by atoms with Gasteiger partial charge in [0, 0.05) is 4.90 Å². The molecule has 0 spiro atoms. The number of tetrazole rings is 1. The van der Waals surface area contributed by atoms with Crippen molar-refractivity contribution >= 4 is 17.4 Å². The lowest BCUT2D eigenvalue weighted by atomic mass is 10.3. The standard InChI is InChI=1S/C12H9N5O2S/c1-2-9-10(19-6-5-18-9)7-8(1)20-12-4-3-11-13-15-16-17(11)14-12/h1-4,7H,5-6H2. The van der Waals surface area contributed by atoms with E-state index in [4.69, 9.17) is 9.47 Å². The maximum absolute atomic E-state index is 5.56. The highest BCUT2D eigenvalue weighted by Crippen LogP contribution is 2.36. The van der Waals surface area contributed by atoms with Crippen LogP contribution in [0, 0.1) is 0 Å². The first kappa shape index (κ1) is 11.5. The molecule has 1 aromatic carbocycles. The fourth-order valence-corrected chi connectivity index (χ4v) is 2.69. The van der Waals surface area contributed by atoms with Crippen LogP contribution in [0.2, 0.25) is 0 Å². The number of ether oxygens (including phenoxy) is 2. The van der Waals surface area contributed by atoms with Crippen molar-refractivity contribution in [2.45, 2.75) is 9.92 Å². The average Bonchev–Trinajstić information content (AvgIpc) is 2.95. The van der Waals surface area contributed by atoms with Gasteiger partial charge in [-0.1, -0.05) is 11.8 Å². The van der Waals surface area contributed by atoms with E-state index < -0.39 is 0 Å². The van der Waals surface area contributed by atoms with Gasteiger partial charge in [-0.3, -0.25) is 0 Å². The van der Waals surface area contributed by atoms with Crippen LogP contribution in [0.25, 0.3) is 5.65 Å². The molecule has 1 aliphatic heterocycles. The molecule has 0 amide bonds. The Hall–Kier alpha value is -2.35. The molecule has 3 aromatic rings. The topological polar surface area (TPSA) is 74.4 Å². The van der Waals surface area contributed by atoms with Gasteiger partial charge in [-0.05, 0) is 40.8 Å². The van der Waals surface area contributed by atoms with Crippen molar-refractivity contribution in [2.24, 2.45) is 0 Å². The van der Waals surface area contributed by atoms with Gasteiger partial charge >= 0.3 is 0 Å². The average molecular weight is 287 g/mol. The predicted molar refractivity (Wildman–Crippen MR) is 70.1 cm³/mol. The van der Waals surface area contributed by atoms with Crippen molar-refractivity contribution in [1.82, 2.24) is 25.3 Å². The number of benzene rings is 1. The molecule has 0 atom stereocenters. The Morgan fingerprint density at radius 1 is 1.05 bits per heavy atom. The molecule has 0 aliphatic carbocycles. The second kappa shape index (κ2) is 4.64. The molecule has 100 valence electrons. The second-order valence-electron chi connectivity index (χ2n) is 4.11. The van der Waals surface area contributed by atoms with Crippen molar-refractivity contribution in [3.63, 3.8) is 0 Å². The van der Waals surface area contributed by atoms with Crippen LogP contribution in [-0.2, 0) is 0 Å². The predicted octanol–water partition coefficient (Wildman–Crippen LogP) is 1.44. The summed E-state index contributed by atoms with van der Waals surface area (Å²) >= 11 is 1.52. The van der Waals surface area contributed by atoms with Gasteiger partial charge in [0.2, 0.25) is 0 Å². The van der Waals surface area contributed by atoms with Crippen LogP contribution in [0.1, 0.15) is 0 Å². The first-order valence-electron chi connectivity index (χ1n) is 6.01. The lowest BCUT2D eigenvalue weighted by Gasteiger charge is -2.18. The summed E-state index contributed by atoms with van der Waals surface area (Å²) in [6, 6.07) is 9.54. The summed E-state index contributed by atoms with van der Waals surface area (Å²) < 4.78 is 12.5. The maximum atomic E-state index is 5.56. The molecular formula is C12H9N5O2S. The summed E-state index contributed by atoms with van der Waals surface area (Å²) in [5.74, 6) is 1.55. The minimum absolute atomic E-state index is 0.579. The van der Waals surface area contributed by atoms with E-state index in [0.717, 1.165) is 21.4 Å². The monoisotopic (exact) mass is 287 g/mol. The fourth-order valence-electron chi connectivity index (χ4n) is 1.90. The van der Waals surface area contributed by atoms with E-state index in [2.05, 4.69) is 20.6 Å². The molecule has 0 N–H and O–H groups in total. The molecule has 0 radical (unpaired) electrons. The summed E-state index contributed by atoms with van der Waals surface area (Å²) in [6.07, 6.45) is 0. The third-order valence-corrected chi connectivity index (χ3v) is 3.70. The van der Waals surface area contributed by atoms with Gasteiger partial charge in [0.15, 0.2) is 17.1 Å². The molecule has 1 aliphatic rings. The van der Waals surface area contributed by atoms with Crippen LogP contribution in [0.3, 0.4) is 0 Å². The van der Waals surface area contributed by atoms with Gasteiger partial charge < -0.3 is 9.47 Å². The Balaban J connectivity index is 1.64. The molecule has 2 aromatic heterocycles. The fraction of sp³-hybridized carbons (Fsp3) is 0.167. The minimum atomic E-state index is 0.579. The Kier molecular flexibility index (Phi) is 2.66. The summed E-state index contributed by atoms with van der Waals surface area (Å²) in [7, 11) is 0. The van der Waals surface area contributed by atoms with E-state index in [0.29, 0.717) is 18.9 Å². The molecule has 8 heteroatoms. The van der Waals surface area contributed by atoms with E-state index in [-0.39, 0.29) is 0 Å². The molecule has 7 nitrogen and oxygen atoms in total. The van der Waals surface area contributed by atoms with Gasteiger partial charge in [-0.15, -0.1) is 14.8 Å². The molecule has 0 fully saturated rings. The van der Waals surface area contributed by atoms with E-state index in [1.165, 1.54) is 16.4 Å². The van der Waals surface area contributed by atoms with Gasteiger partial charge in [0.1, 0.15) is 18.2 Å². The van der Waals surface area contributed by atoms with Crippen molar-refractivity contribution in [1.29, 1.82) is 0 Å². The van der Waals surface area contributed by atoms with Crippen LogP contribution in [-0.4, -0.2) is 38.5 Å². The van der Waals surface area contributed by atoms with Crippen LogP contribution in [0.15, 0.2) is 40.3 Å². The third-order valence-electron chi connectivity index (χ3n) is 2.78. The molecule has 0 saturated carbocycles. The van der Waals surface area contributed by atoms with Crippen molar-refractivity contribution in [3.8, 4) is 11.5 Å². The summed E-state index contributed by atoms with van der Waals surface area (Å²) in [5, 5.41) is 16.3. The van der Waals surface area contributed by atoms with Crippen LogP contribution in [0.4, 0.5) is 0 Å². The highest BCUT2D eigenvalue weighted by molar-refractivity contribution is 7.99. The second-order valence-corrected chi connectivity index (χ2v) is 5.20. The number of nitrogens with zero attached hydrogens (tertiary/aromatic N) is 5. The van der Waals surface area contributed by atoms with Crippen LogP contribution >= 0.6 is 11.8 Å². The molecule has 0 saturated heterocycles. The quantitative estimate of drug-likeness (QED) is 0.706. The van der Waals surface area contributed by atoms with Gasteiger partial charge in [0.25, 0.3) is 0 Å². The van der Waals surface area contributed by atoms with E-state index in [1.54, 1.807) is 0 Å². The Morgan fingerprint density at radius 3 is 2.90 bits per heavy atom. The van der Waals surface area contributed by atoms with Gasteiger partial charge in [0.05, 0.1) is 0 Å². The van der Waals surface area contributed by atoms with Crippen molar-refractivity contribution in [3.05, 3.63) is 30.3 Å². The molecule has 20 heavy (non-hydrogen) atoms. The smallest absolute Gasteiger partial charge is 0.200 e. The molecule has 3 heterocycles. The summed E-state index contributed by atoms with van der Waals surface area (Å²) in [6.45, 7) is 1.17. The third kappa shape index (κ3) is 2.03. The van der Waals surface area contributed by atoms with E-state index in [9.17, 15) is 0 Å². The SMILES string of the molecule is c1cc2c(cc1Sc1ccc3nnnn3n1)OCCO2. The molecule has 4 rings (SSSR count). The van der Waals surface area contributed by atoms with Crippen molar-refractivity contribution < 1.29 is 9.47 Å². The van der Waals surface area contributed by atoms with E-state index in [1.807, 2.05) is 30.3 Å². The maximum Gasteiger partial charge on any atom is 0.200 e. The zero-order chi connectivity index (χ0) is 13.4. The molecule has 0 unspecified atom stereocenters. The number of hydrogen-bond acceptors (Lipinski definition) is 7. The lowest BCUT2D eigenvalue weighted by molar-refractivity contribution is 0.171. The van der Waals surface area contributed by atoms with Gasteiger partial charge in [-0.25, -0.2) is 0 Å². The first-order valence-corrected chi connectivity index (χ1v) is 6.83. The van der Waals surface area contributed by atoms with Crippen LogP contribution < -0.4 is 9.47 Å². The largest absolute Gasteiger partial charge is 0.486 e. The minimum Gasteiger partial charge on any atom is -0.486 e. The highest BCUT2D eigenvalue weighted by Gasteiger charge is 2.12. The molecular weight excluding hydrogens is 278 g/mol. The first-order chi connectivity index (χ1) is 9.88.